The maximum atomic E-state index is 6.13. The topological polar surface area (TPSA) is 38.2 Å². The number of aromatic nitrogens is 2. The SMILES string of the molecule is COCCN(C)c1nc(C(C)C)nc(Cl)c1C. The van der Waals surface area contributed by atoms with Crippen molar-refractivity contribution < 1.29 is 4.74 Å². The highest BCUT2D eigenvalue weighted by molar-refractivity contribution is 6.30. The summed E-state index contributed by atoms with van der Waals surface area (Å²) in [5.74, 6) is 1.92. The molecule has 0 N–H and O–H groups in total. The normalized spacial score (nSPS) is 11.0. The minimum atomic E-state index is 0.266. The fraction of sp³-hybridized carbons (Fsp3) is 0.667. The van der Waals surface area contributed by atoms with Gasteiger partial charge in [-0.15, -0.1) is 0 Å². The molecule has 0 amide bonds. The molecule has 0 aromatic carbocycles. The van der Waals surface area contributed by atoms with Gasteiger partial charge in [-0.2, -0.15) is 0 Å². The van der Waals surface area contributed by atoms with Crippen molar-refractivity contribution in [2.24, 2.45) is 0 Å². The quantitative estimate of drug-likeness (QED) is 0.760. The molecule has 1 aromatic rings. The van der Waals surface area contributed by atoms with Crippen LogP contribution in [0.4, 0.5) is 5.82 Å². The molecule has 0 saturated carbocycles. The Kier molecular flexibility index (Phi) is 5.15. The first-order chi connectivity index (χ1) is 7.97. The van der Waals surface area contributed by atoms with Gasteiger partial charge in [-0.3, -0.25) is 0 Å². The number of nitrogens with zero attached hydrogens (tertiary/aromatic N) is 3. The monoisotopic (exact) mass is 257 g/mol. The van der Waals surface area contributed by atoms with E-state index in [2.05, 4.69) is 23.8 Å². The van der Waals surface area contributed by atoms with Crippen LogP contribution in [0.25, 0.3) is 0 Å². The number of rotatable bonds is 5. The number of methoxy groups -OCH3 is 1. The Bertz CT molecular complexity index is 382. The lowest BCUT2D eigenvalue weighted by atomic mass is 10.2. The fourth-order valence-electron chi connectivity index (χ4n) is 1.46. The van der Waals surface area contributed by atoms with E-state index in [1.165, 1.54) is 0 Å². The Morgan fingerprint density at radius 2 is 2.00 bits per heavy atom. The smallest absolute Gasteiger partial charge is 0.137 e. The summed E-state index contributed by atoms with van der Waals surface area (Å²) in [5, 5.41) is 0.531. The number of anilines is 1. The second kappa shape index (κ2) is 6.17. The van der Waals surface area contributed by atoms with E-state index in [4.69, 9.17) is 16.3 Å². The second-order valence-corrected chi connectivity index (χ2v) is 4.75. The van der Waals surface area contributed by atoms with E-state index in [0.29, 0.717) is 11.8 Å². The van der Waals surface area contributed by atoms with Gasteiger partial charge in [0, 0.05) is 32.2 Å². The molecule has 0 fully saturated rings. The number of ether oxygens (including phenoxy) is 1. The molecule has 4 nitrogen and oxygen atoms in total. The van der Waals surface area contributed by atoms with Crippen LogP contribution >= 0.6 is 11.6 Å². The van der Waals surface area contributed by atoms with Crippen LogP contribution < -0.4 is 4.90 Å². The van der Waals surface area contributed by atoms with Crippen molar-refractivity contribution in [1.29, 1.82) is 0 Å². The lowest BCUT2D eigenvalue weighted by Gasteiger charge is -2.21. The first-order valence-corrected chi connectivity index (χ1v) is 6.09. The Morgan fingerprint density at radius 3 is 2.53 bits per heavy atom. The minimum Gasteiger partial charge on any atom is -0.383 e. The van der Waals surface area contributed by atoms with Crippen LogP contribution in [0.15, 0.2) is 0 Å². The summed E-state index contributed by atoms with van der Waals surface area (Å²) in [4.78, 5) is 10.9. The molecule has 17 heavy (non-hydrogen) atoms. The maximum absolute atomic E-state index is 6.13. The molecule has 1 aromatic heterocycles. The van der Waals surface area contributed by atoms with Crippen molar-refractivity contribution in [3.63, 3.8) is 0 Å². The van der Waals surface area contributed by atoms with Crippen molar-refractivity contribution in [3.05, 3.63) is 16.5 Å². The first kappa shape index (κ1) is 14.2. The minimum absolute atomic E-state index is 0.266. The van der Waals surface area contributed by atoms with Crippen molar-refractivity contribution in [2.75, 3.05) is 32.2 Å². The van der Waals surface area contributed by atoms with Gasteiger partial charge in [-0.05, 0) is 6.92 Å². The molecule has 5 heteroatoms. The maximum Gasteiger partial charge on any atom is 0.137 e. The Hall–Kier alpha value is -0.870. The molecule has 0 bridgehead atoms. The Balaban J connectivity index is 3.04. The summed E-state index contributed by atoms with van der Waals surface area (Å²) in [6.07, 6.45) is 0. The third-order valence-electron chi connectivity index (χ3n) is 2.59. The molecule has 0 radical (unpaired) electrons. The van der Waals surface area contributed by atoms with Gasteiger partial charge in [-0.25, -0.2) is 9.97 Å². The van der Waals surface area contributed by atoms with Crippen molar-refractivity contribution in [3.8, 4) is 0 Å². The van der Waals surface area contributed by atoms with Crippen LogP contribution in [0.5, 0.6) is 0 Å². The lowest BCUT2D eigenvalue weighted by molar-refractivity contribution is 0.206. The van der Waals surface area contributed by atoms with Crippen molar-refractivity contribution in [1.82, 2.24) is 9.97 Å². The second-order valence-electron chi connectivity index (χ2n) is 4.39. The van der Waals surface area contributed by atoms with E-state index < -0.39 is 0 Å². The molecular weight excluding hydrogens is 238 g/mol. The van der Waals surface area contributed by atoms with Crippen molar-refractivity contribution in [2.45, 2.75) is 26.7 Å². The van der Waals surface area contributed by atoms with Gasteiger partial charge >= 0.3 is 0 Å². The molecule has 0 aliphatic carbocycles. The van der Waals surface area contributed by atoms with E-state index >= 15 is 0 Å². The molecule has 0 unspecified atom stereocenters. The molecule has 0 saturated heterocycles. The van der Waals surface area contributed by atoms with E-state index in [1.54, 1.807) is 7.11 Å². The van der Waals surface area contributed by atoms with Crippen LogP contribution in [-0.4, -0.2) is 37.3 Å². The summed E-state index contributed by atoms with van der Waals surface area (Å²) in [7, 11) is 3.67. The third kappa shape index (κ3) is 3.54. The number of hydrogen-bond acceptors (Lipinski definition) is 4. The zero-order chi connectivity index (χ0) is 13.0. The summed E-state index contributed by atoms with van der Waals surface area (Å²) in [5.41, 5.74) is 0.912. The van der Waals surface area contributed by atoms with Gasteiger partial charge in [0.2, 0.25) is 0 Å². The van der Waals surface area contributed by atoms with Gasteiger partial charge in [0.25, 0.3) is 0 Å². The molecule has 96 valence electrons. The fourth-order valence-corrected chi connectivity index (χ4v) is 1.63. The van der Waals surface area contributed by atoms with Crippen LogP contribution in [0.2, 0.25) is 5.15 Å². The molecular formula is C12H20ClN3O. The predicted molar refractivity (Wildman–Crippen MR) is 71.0 cm³/mol. The summed E-state index contributed by atoms with van der Waals surface area (Å²) in [6, 6.07) is 0. The number of likely N-dealkylation sites (N-methyl/N-ethyl adjacent to an activating group) is 1. The highest BCUT2D eigenvalue weighted by Gasteiger charge is 2.14. The van der Waals surface area contributed by atoms with Crippen LogP contribution in [0, 0.1) is 6.92 Å². The average molecular weight is 258 g/mol. The lowest BCUT2D eigenvalue weighted by Crippen LogP contribution is -2.25. The van der Waals surface area contributed by atoms with Crippen LogP contribution in [-0.2, 0) is 4.74 Å². The molecule has 0 aliphatic heterocycles. The van der Waals surface area contributed by atoms with Crippen LogP contribution in [0.3, 0.4) is 0 Å². The van der Waals surface area contributed by atoms with Gasteiger partial charge in [-0.1, -0.05) is 25.4 Å². The average Bonchev–Trinajstić information content (AvgIpc) is 2.29. The van der Waals surface area contributed by atoms with E-state index in [1.807, 2.05) is 18.9 Å². The zero-order valence-corrected chi connectivity index (χ0v) is 11.9. The first-order valence-electron chi connectivity index (χ1n) is 5.71. The van der Waals surface area contributed by atoms with Crippen LogP contribution in [0.1, 0.15) is 31.2 Å². The number of halogens is 1. The van der Waals surface area contributed by atoms with Gasteiger partial charge < -0.3 is 9.64 Å². The van der Waals surface area contributed by atoms with E-state index in [-0.39, 0.29) is 5.92 Å². The summed E-state index contributed by atoms with van der Waals surface area (Å²) >= 11 is 6.13. The largest absolute Gasteiger partial charge is 0.383 e. The summed E-state index contributed by atoms with van der Waals surface area (Å²) < 4.78 is 5.06. The Labute approximate surface area is 108 Å². The predicted octanol–water partition coefficient (Wildman–Crippen LogP) is 2.64. The van der Waals surface area contributed by atoms with Gasteiger partial charge in [0.1, 0.15) is 16.8 Å². The molecule has 0 atom stereocenters. The van der Waals surface area contributed by atoms with E-state index in [0.717, 1.165) is 23.8 Å². The van der Waals surface area contributed by atoms with E-state index in [9.17, 15) is 0 Å². The standard InChI is InChI=1S/C12H20ClN3O/c1-8(2)11-14-10(13)9(3)12(15-11)16(4)6-7-17-5/h8H,6-7H2,1-5H3. The highest BCUT2D eigenvalue weighted by atomic mass is 35.5. The zero-order valence-electron chi connectivity index (χ0n) is 11.1. The third-order valence-corrected chi connectivity index (χ3v) is 2.95. The van der Waals surface area contributed by atoms with Gasteiger partial charge in [0.05, 0.1) is 6.61 Å². The molecule has 0 aliphatic rings. The highest BCUT2D eigenvalue weighted by Crippen LogP contribution is 2.24. The summed E-state index contributed by atoms with van der Waals surface area (Å²) in [6.45, 7) is 7.49. The Morgan fingerprint density at radius 1 is 1.35 bits per heavy atom. The van der Waals surface area contributed by atoms with Gasteiger partial charge in [0.15, 0.2) is 0 Å². The molecule has 1 heterocycles. The van der Waals surface area contributed by atoms with Crippen molar-refractivity contribution >= 4 is 17.4 Å². The number of hydrogen-bond donors (Lipinski definition) is 0. The molecule has 1 rings (SSSR count). The molecule has 0 spiro atoms.